The van der Waals surface area contributed by atoms with Gasteiger partial charge in [-0.25, -0.2) is 44.9 Å². The average Bonchev–Trinajstić information content (AvgIpc) is 1.55. The smallest absolute Gasteiger partial charge is 0.235 e. The summed E-state index contributed by atoms with van der Waals surface area (Å²) in [6.07, 6.45) is 3.96. The fourth-order valence-electron chi connectivity index (χ4n) is 16.0. The Kier molecular flexibility index (Phi) is 13.7. The lowest BCUT2D eigenvalue weighted by atomic mass is 9.82. The van der Waals surface area contributed by atoms with Crippen LogP contribution in [0.5, 0.6) is 0 Å². The molecule has 490 valence electrons. The molecule has 0 atom stereocenters. The zero-order chi connectivity index (χ0) is 69.4. The molecule has 6 heterocycles. The molecule has 2 aliphatic rings. The van der Waals surface area contributed by atoms with E-state index in [2.05, 4.69) is 249 Å². The first kappa shape index (κ1) is 60.5. The van der Waals surface area contributed by atoms with Gasteiger partial charge in [0, 0.05) is 94.8 Å². The number of hydrogen-bond acceptors (Lipinski definition) is 9. The minimum absolute atomic E-state index is 0.247. The van der Waals surface area contributed by atoms with Gasteiger partial charge in [0.2, 0.25) is 11.9 Å². The molecule has 0 unspecified atom stereocenters. The molecule has 12 aromatic carbocycles. The Balaban J connectivity index is 0.740. The fraction of sp³-hybridized carbons (Fsp3) is 0.0645. The lowest BCUT2D eigenvalue weighted by Crippen LogP contribution is -2.15. The molecule has 0 fully saturated rings. The fourth-order valence-corrected chi connectivity index (χ4v) is 16.0. The summed E-state index contributed by atoms with van der Waals surface area (Å²) in [5.74, 6) is 3.58. The number of rotatable bonds is 11. The van der Waals surface area contributed by atoms with Crippen molar-refractivity contribution in [1.82, 2.24) is 54.0 Å². The number of nitrogens with zero attached hydrogens (tertiary/aromatic N) is 11. The van der Waals surface area contributed by atoms with E-state index in [1.807, 2.05) is 97.3 Å². The van der Waals surface area contributed by atoms with Gasteiger partial charge in [0.15, 0.2) is 23.3 Å². The molecular formula is C93H63N11. The molecule has 104 heavy (non-hydrogen) atoms. The molecule has 11 nitrogen and oxygen atoms in total. The first-order valence-corrected chi connectivity index (χ1v) is 35.2. The van der Waals surface area contributed by atoms with Crippen molar-refractivity contribution in [1.29, 1.82) is 0 Å². The average molecular weight is 1330 g/mol. The third-order valence-corrected chi connectivity index (χ3v) is 21.3. The second-order valence-electron chi connectivity index (χ2n) is 28.2. The van der Waals surface area contributed by atoms with Gasteiger partial charge in [0.1, 0.15) is 0 Å². The highest BCUT2D eigenvalue weighted by atomic mass is 15.2. The van der Waals surface area contributed by atoms with E-state index in [9.17, 15) is 0 Å². The summed E-state index contributed by atoms with van der Waals surface area (Å²) in [6, 6.07) is 104. The van der Waals surface area contributed by atoms with Crippen LogP contribution in [0.15, 0.2) is 310 Å². The second kappa shape index (κ2) is 23.6. The summed E-state index contributed by atoms with van der Waals surface area (Å²) >= 11 is 0. The van der Waals surface area contributed by atoms with Gasteiger partial charge in [0.05, 0.1) is 44.8 Å². The highest BCUT2D eigenvalue weighted by molar-refractivity contribution is 6.14. The Hall–Kier alpha value is -13.5. The largest absolute Gasteiger partial charge is 0.278 e. The quantitative estimate of drug-likeness (QED) is 0.124. The summed E-state index contributed by atoms with van der Waals surface area (Å²) in [6.45, 7) is 9.33. The van der Waals surface area contributed by atoms with Crippen molar-refractivity contribution in [2.45, 2.75) is 38.5 Å². The lowest BCUT2D eigenvalue weighted by Gasteiger charge is -2.22. The van der Waals surface area contributed by atoms with E-state index >= 15 is 0 Å². The van der Waals surface area contributed by atoms with Crippen molar-refractivity contribution < 1.29 is 0 Å². The van der Waals surface area contributed by atoms with Gasteiger partial charge in [-0.05, 0) is 129 Å². The maximum Gasteiger partial charge on any atom is 0.235 e. The van der Waals surface area contributed by atoms with Gasteiger partial charge in [-0.3, -0.25) is 9.13 Å². The zero-order valence-electron chi connectivity index (χ0n) is 57.4. The summed E-state index contributed by atoms with van der Waals surface area (Å²) in [5, 5.41) is 4.20. The minimum atomic E-state index is -0.393. The Bertz CT molecular complexity index is 6320. The van der Waals surface area contributed by atoms with Gasteiger partial charge in [-0.2, -0.15) is 0 Å². The van der Waals surface area contributed by atoms with Crippen LogP contribution >= 0.6 is 0 Å². The molecule has 0 bridgehead atoms. The number of benzene rings is 12. The molecule has 0 saturated carbocycles. The molecule has 2 aliphatic carbocycles. The van der Waals surface area contributed by atoms with Crippen molar-refractivity contribution in [3.8, 4) is 136 Å². The topological polar surface area (TPSA) is 126 Å². The summed E-state index contributed by atoms with van der Waals surface area (Å²) in [4.78, 5) is 47.7. The van der Waals surface area contributed by atoms with E-state index in [4.69, 9.17) is 44.9 Å². The maximum absolute atomic E-state index is 5.48. The van der Waals surface area contributed by atoms with E-state index < -0.39 is 5.41 Å². The Morgan fingerprint density at radius 1 is 0.221 bits per heavy atom. The molecule has 11 heteroatoms. The Morgan fingerprint density at radius 3 is 1.03 bits per heavy atom. The van der Waals surface area contributed by atoms with E-state index in [1.165, 1.54) is 33.4 Å². The van der Waals surface area contributed by atoms with Crippen molar-refractivity contribution in [3.05, 3.63) is 332 Å². The standard InChI is InChI=1S/C93H63N11/c1-92(2)74-38-24-23-37-66(74)68-48-72-70-47-64(89-101-86(60-33-19-9-20-34-60)100-87(102-89)61-35-21-10-22-36-61)41-43-82(70)103(84(72)50-76(68)92)90-94-54-65(55-95-90)62-39-42-75-67(45-62)69-49-73-71-46-63(88-96-78(56-25-11-5-12-26-56)52-79(97-88)57-27-13-6-14-28-57)40-44-83(71)104(85(73)51-77(69)93(75,3)4)91-98-80(58-29-15-7-16-30-58)53-81(99-91)59-31-17-8-18-32-59/h5-55H,1-4H3. The molecule has 18 aromatic rings. The third kappa shape index (κ3) is 9.83. The van der Waals surface area contributed by atoms with Crippen LogP contribution < -0.4 is 0 Å². The van der Waals surface area contributed by atoms with Crippen LogP contribution in [-0.2, 0) is 10.8 Å². The highest BCUT2D eigenvalue weighted by Crippen LogP contribution is 2.54. The van der Waals surface area contributed by atoms with Crippen molar-refractivity contribution >= 4 is 43.6 Å². The summed E-state index contributed by atoms with van der Waals surface area (Å²) in [5.41, 5.74) is 26.0. The van der Waals surface area contributed by atoms with Crippen LogP contribution in [0.1, 0.15) is 49.9 Å². The van der Waals surface area contributed by atoms with Crippen LogP contribution in [0.2, 0.25) is 0 Å². The molecule has 0 amide bonds. The zero-order valence-corrected chi connectivity index (χ0v) is 57.4. The van der Waals surface area contributed by atoms with Gasteiger partial charge in [-0.1, -0.05) is 246 Å². The van der Waals surface area contributed by atoms with Gasteiger partial charge < -0.3 is 0 Å². The first-order chi connectivity index (χ1) is 51.0. The third-order valence-electron chi connectivity index (χ3n) is 21.3. The molecule has 0 N–H and O–H groups in total. The van der Waals surface area contributed by atoms with Gasteiger partial charge >= 0.3 is 0 Å². The van der Waals surface area contributed by atoms with Gasteiger partial charge in [0.25, 0.3) is 0 Å². The molecule has 0 aliphatic heterocycles. The van der Waals surface area contributed by atoms with E-state index in [0.29, 0.717) is 35.2 Å². The van der Waals surface area contributed by atoms with Crippen LogP contribution in [0.3, 0.4) is 0 Å². The predicted molar refractivity (Wildman–Crippen MR) is 419 cm³/mol. The monoisotopic (exact) mass is 1330 g/mol. The van der Waals surface area contributed by atoms with Crippen molar-refractivity contribution in [2.24, 2.45) is 0 Å². The van der Waals surface area contributed by atoms with Gasteiger partial charge in [-0.15, -0.1) is 0 Å². The normalized spacial score (nSPS) is 13.2. The van der Waals surface area contributed by atoms with E-state index in [0.717, 1.165) is 133 Å². The minimum Gasteiger partial charge on any atom is -0.278 e. The number of hydrogen-bond donors (Lipinski definition) is 0. The highest BCUT2D eigenvalue weighted by Gasteiger charge is 2.39. The SMILES string of the molecule is CC1(C)c2ccccc2-c2cc3c4cc(-c5nc(-c6ccccc6)nc(-c6ccccc6)n5)ccc4n(-c4ncc(-c5ccc6c(c5)-c5cc7c8cc(-c9nc(-c%10ccccc%10)cc(-c%10ccccc%10)n9)ccc8n(-c8nc(-c9ccccc9)cc(-c9ccccc9)n8)c7cc5C6(C)C)cn4)c3cc21. The lowest BCUT2D eigenvalue weighted by molar-refractivity contribution is 0.660. The molecule has 6 aromatic heterocycles. The Morgan fingerprint density at radius 2 is 0.567 bits per heavy atom. The molecule has 0 saturated heterocycles. The van der Waals surface area contributed by atoms with E-state index in [-0.39, 0.29) is 5.41 Å². The molecule has 20 rings (SSSR count). The first-order valence-electron chi connectivity index (χ1n) is 35.2. The molecule has 0 spiro atoms. The van der Waals surface area contributed by atoms with Crippen LogP contribution in [0, 0.1) is 0 Å². The van der Waals surface area contributed by atoms with Crippen LogP contribution in [0.4, 0.5) is 0 Å². The maximum atomic E-state index is 5.48. The number of aromatic nitrogens is 11. The van der Waals surface area contributed by atoms with Crippen molar-refractivity contribution in [3.63, 3.8) is 0 Å². The second-order valence-corrected chi connectivity index (χ2v) is 28.2. The van der Waals surface area contributed by atoms with Crippen LogP contribution in [0.25, 0.3) is 179 Å². The number of fused-ring (bicyclic) bond motifs is 12. The molecular weight excluding hydrogens is 1270 g/mol. The van der Waals surface area contributed by atoms with Crippen molar-refractivity contribution in [2.75, 3.05) is 0 Å². The summed E-state index contributed by atoms with van der Waals surface area (Å²) in [7, 11) is 0. The van der Waals surface area contributed by atoms with E-state index in [1.54, 1.807) is 0 Å². The van der Waals surface area contributed by atoms with Crippen LogP contribution in [-0.4, -0.2) is 54.0 Å². The Labute approximate surface area is 600 Å². The predicted octanol–water partition coefficient (Wildman–Crippen LogP) is 22.1. The summed E-state index contributed by atoms with van der Waals surface area (Å²) < 4.78 is 4.49. The molecule has 0 radical (unpaired) electrons.